The molecule has 2 aromatic carbocycles. The van der Waals surface area contributed by atoms with Gasteiger partial charge in [-0.3, -0.25) is 0 Å². The molecule has 0 bridgehead atoms. The fourth-order valence-corrected chi connectivity index (χ4v) is 3.89. The van der Waals surface area contributed by atoms with Gasteiger partial charge in [0.05, 0.1) is 22.5 Å². The maximum Gasteiger partial charge on any atom is 0.418 e. The first kappa shape index (κ1) is 21.6. The molecule has 0 amide bonds. The Hall–Kier alpha value is -3.61. The lowest BCUT2D eigenvalue weighted by atomic mass is 10.1. The summed E-state index contributed by atoms with van der Waals surface area (Å²) in [6.07, 6.45) is -3.50. The van der Waals surface area contributed by atoms with Gasteiger partial charge in [-0.05, 0) is 30.3 Å². The van der Waals surface area contributed by atoms with Crippen molar-refractivity contribution in [2.24, 2.45) is 0 Å². The Kier molecular flexibility index (Phi) is 5.74. The Bertz CT molecular complexity index is 1450. The van der Waals surface area contributed by atoms with Gasteiger partial charge in [0, 0.05) is 22.0 Å². The van der Waals surface area contributed by atoms with E-state index < -0.39 is 17.4 Å². The maximum absolute atomic E-state index is 13.3. The van der Waals surface area contributed by atoms with E-state index in [-0.39, 0.29) is 26.9 Å². The van der Waals surface area contributed by atoms with E-state index in [4.69, 9.17) is 16.0 Å². The van der Waals surface area contributed by atoms with E-state index in [1.165, 1.54) is 12.1 Å². The number of anilines is 1. The van der Waals surface area contributed by atoms with Crippen molar-refractivity contribution < 1.29 is 17.6 Å². The number of fused-ring (bicyclic) bond motifs is 1. The first-order valence-corrected chi connectivity index (χ1v) is 10.2. The van der Waals surface area contributed by atoms with Crippen molar-refractivity contribution in [2.75, 3.05) is 5.32 Å². The van der Waals surface area contributed by atoms with Gasteiger partial charge < -0.3 is 9.73 Å². The molecular formula is C22H11ClF3N3O2S. The predicted molar refractivity (Wildman–Crippen MR) is 117 cm³/mol. The molecule has 0 radical (unpaired) electrons. The van der Waals surface area contributed by atoms with E-state index in [9.17, 15) is 23.2 Å². The van der Waals surface area contributed by atoms with Crippen molar-refractivity contribution in [3.8, 4) is 17.3 Å². The third-order valence-electron chi connectivity index (χ3n) is 4.43. The number of alkyl halides is 3. The average molecular weight is 474 g/mol. The smallest absolute Gasteiger partial charge is 0.418 e. The van der Waals surface area contributed by atoms with Gasteiger partial charge >= 0.3 is 11.8 Å². The SMILES string of the molecule is N#CC(=CNc1ccc(Cl)cc1C(F)(F)F)c1nc(-c2cc3ccccc3oc2=O)cs1. The molecule has 160 valence electrons. The zero-order valence-electron chi connectivity index (χ0n) is 15.9. The van der Waals surface area contributed by atoms with Gasteiger partial charge in [0.15, 0.2) is 0 Å². The molecule has 0 saturated heterocycles. The topological polar surface area (TPSA) is 78.9 Å². The summed E-state index contributed by atoms with van der Waals surface area (Å²) in [5.74, 6) is 0. The molecule has 0 spiro atoms. The molecule has 2 heterocycles. The summed E-state index contributed by atoms with van der Waals surface area (Å²) < 4.78 is 45.1. The van der Waals surface area contributed by atoms with Crippen LogP contribution in [-0.2, 0) is 6.18 Å². The van der Waals surface area contributed by atoms with Gasteiger partial charge in [-0.2, -0.15) is 18.4 Å². The number of nitrogens with zero attached hydrogens (tertiary/aromatic N) is 2. The van der Waals surface area contributed by atoms with Crippen LogP contribution in [0.4, 0.5) is 18.9 Å². The van der Waals surface area contributed by atoms with Crippen LogP contribution in [0, 0.1) is 11.3 Å². The summed E-state index contributed by atoms with van der Waals surface area (Å²) in [6.45, 7) is 0. The standard InChI is InChI=1S/C22H11ClF3N3O2S/c23-14-5-6-17(16(8-14)22(24,25)26)28-10-13(9-27)20-29-18(11-32-20)15-7-12-3-1-2-4-19(12)31-21(15)30/h1-8,10-11,28H. The Morgan fingerprint density at radius 2 is 2.00 bits per heavy atom. The van der Waals surface area contributed by atoms with Crippen molar-refractivity contribution in [3.63, 3.8) is 0 Å². The van der Waals surface area contributed by atoms with Crippen molar-refractivity contribution in [1.29, 1.82) is 5.26 Å². The van der Waals surface area contributed by atoms with Gasteiger partial charge in [-0.15, -0.1) is 11.3 Å². The van der Waals surface area contributed by atoms with E-state index in [1.807, 2.05) is 6.07 Å². The molecule has 0 unspecified atom stereocenters. The zero-order chi connectivity index (χ0) is 22.9. The number of para-hydroxylation sites is 1. The highest BCUT2D eigenvalue weighted by Gasteiger charge is 2.33. The molecule has 1 N–H and O–H groups in total. The summed E-state index contributed by atoms with van der Waals surface area (Å²) in [4.78, 5) is 16.6. The lowest BCUT2D eigenvalue weighted by Crippen LogP contribution is -2.08. The minimum atomic E-state index is -4.63. The quantitative estimate of drug-likeness (QED) is 0.268. The second-order valence-corrected chi connectivity index (χ2v) is 7.82. The Labute approximate surface area is 188 Å². The van der Waals surface area contributed by atoms with Crippen LogP contribution in [0.1, 0.15) is 10.6 Å². The van der Waals surface area contributed by atoms with Crippen molar-refractivity contribution >= 4 is 45.2 Å². The van der Waals surface area contributed by atoms with E-state index in [0.717, 1.165) is 23.6 Å². The number of rotatable bonds is 4. The largest absolute Gasteiger partial charge is 0.422 e. The molecule has 0 aliphatic carbocycles. The highest BCUT2D eigenvalue weighted by atomic mass is 35.5. The molecule has 0 saturated carbocycles. The highest BCUT2D eigenvalue weighted by molar-refractivity contribution is 7.11. The minimum absolute atomic E-state index is 0.00509. The van der Waals surface area contributed by atoms with Crippen LogP contribution < -0.4 is 10.9 Å². The van der Waals surface area contributed by atoms with Gasteiger partial charge in [0.1, 0.15) is 22.2 Å². The fraction of sp³-hybridized carbons (Fsp3) is 0.0455. The normalized spacial score (nSPS) is 12.0. The van der Waals surface area contributed by atoms with Crippen molar-refractivity contribution in [1.82, 2.24) is 4.98 Å². The number of halogens is 4. The van der Waals surface area contributed by atoms with E-state index in [0.29, 0.717) is 16.7 Å². The Balaban J connectivity index is 1.67. The summed E-state index contributed by atoms with van der Waals surface area (Å²) in [6, 6.07) is 13.8. The second kappa shape index (κ2) is 8.49. The fourth-order valence-electron chi connectivity index (χ4n) is 2.93. The first-order valence-electron chi connectivity index (χ1n) is 8.99. The molecule has 0 aliphatic heterocycles. The van der Waals surface area contributed by atoms with Gasteiger partial charge in [-0.1, -0.05) is 29.8 Å². The van der Waals surface area contributed by atoms with Crippen molar-refractivity contribution in [3.05, 3.63) is 86.1 Å². The first-order chi connectivity index (χ1) is 15.3. The molecule has 0 atom stereocenters. The monoisotopic (exact) mass is 473 g/mol. The number of nitrogens with one attached hydrogen (secondary N) is 1. The van der Waals surface area contributed by atoms with Gasteiger partial charge in [0.2, 0.25) is 0 Å². The lowest BCUT2D eigenvalue weighted by Gasteiger charge is -2.13. The lowest BCUT2D eigenvalue weighted by molar-refractivity contribution is -0.136. The number of benzene rings is 2. The minimum Gasteiger partial charge on any atom is -0.422 e. The average Bonchev–Trinajstić information content (AvgIpc) is 3.23. The molecule has 4 rings (SSSR count). The van der Waals surface area contributed by atoms with Crippen LogP contribution in [0.25, 0.3) is 27.8 Å². The van der Waals surface area contributed by atoms with Crippen LogP contribution in [-0.4, -0.2) is 4.98 Å². The number of allylic oxidation sites excluding steroid dienone is 1. The summed E-state index contributed by atoms with van der Waals surface area (Å²) >= 11 is 6.75. The molecule has 10 heteroatoms. The third kappa shape index (κ3) is 4.37. The molecular weight excluding hydrogens is 463 g/mol. The molecule has 0 fully saturated rings. The number of thiazole rings is 1. The Morgan fingerprint density at radius 3 is 2.75 bits per heavy atom. The van der Waals surface area contributed by atoms with Crippen LogP contribution in [0.5, 0.6) is 0 Å². The predicted octanol–water partition coefficient (Wildman–Crippen LogP) is 6.57. The van der Waals surface area contributed by atoms with Crippen molar-refractivity contribution in [2.45, 2.75) is 6.18 Å². The number of hydrogen-bond donors (Lipinski definition) is 1. The second-order valence-electron chi connectivity index (χ2n) is 6.53. The highest BCUT2D eigenvalue weighted by Crippen LogP contribution is 2.37. The summed E-state index contributed by atoms with van der Waals surface area (Å²) in [5.41, 5.74) is -0.871. The van der Waals surface area contributed by atoms with E-state index >= 15 is 0 Å². The number of aromatic nitrogens is 1. The number of nitriles is 1. The zero-order valence-corrected chi connectivity index (χ0v) is 17.5. The van der Waals surface area contributed by atoms with E-state index in [1.54, 1.807) is 35.7 Å². The van der Waals surface area contributed by atoms with Crippen LogP contribution >= 0.6 is 22.9 Å². The molecule has 32 heavy (non-hydrogen) atoms. The summed E-state index contributed by atoms with van der Waals surface area (Å²) in [5, 5.41) is 14.4. The van der Waals surface area contributed by atoms with Gasteiger partial charge in [-0.25, -0.2) is 9.78 Å². The molecule has 4 aromatic rings. The molecule has 5 nitrogen and oxygen atoms in total. The molecule has 2 aromatic heterocycles. The summed E-state index contributed by atoms with van der Waals surface area (Å²) in [7, 11) is 0. The molecule has 0 aliphatic rings. The maximum atomic E-state index is 13.3. The number of hydrogen-bond acceptors (Lipinski definition) is 6. The van der Waals surface area contributed by atoms with Crippen LogP contribution in [0.2, 0.25) is 5.02 Å². The Morgan fingerprint density at radius 1 is 1.22 bits per heavy atom. The van der Waals surface area contributed by atoms with E-state index in [2.05, 4.69) is 10.3 Å². The van der Waals surface area contributed by atoms with Gasteiger partial charge in [0.25, 0.3) is 0 Å². The van der Waals surface area contributed by atoms with Crippen LogP contribution in [0.3, 0.4) is 0 Å². The van der Waals surface area contributed by atoms with Crippen LogP contribution in [0.15, 0.2) is 69.3 Å². The third-order valence-corrected chi connectivity index (χ3v) is 5.54.